The van der Waals surface area contributed by atoms with Gasteiger partial charge in [0.15, 0.2) is 5.78 Å². The average Bonchev–Trinajstić information content (AvgIpc) is 2.87. The molecule has 0 N–H and O–H groups in total. The first-order valence-corrected chi connectivity index (χ1v) is 6.15. The Morgan fingerprint density at radius 1 is 1.50 bits per heavy atom. The molecule has 0 saturated heterocycles. The molecule has 0 spiro atoms. The second kappa shape index (κ2) is 4.61. The molecule has 2 aromatic heterocycles. The molecule has 3 nitrogen and oxygen atoms in total. The summed E-state index contributed by atoms with van der Waals surface area (Å²) in [6.45, 7) is 4.13. The van der Waals surface area contributed by atoms with E-state index in [0.29, 0.717) is 12.5 Å². The van der Waals surface area contributed by atoms with E-state index in [2.05, 4.69) is 18.9 Å². The Hall–Kier alpha value is -1.42. The van der Waals surface area contributed by atoms with Crippen molar-refractivity contribution in [3.63, 3.8) is 0 Å². The molecule has 4 heteroatoms. The number of nitrogens with zero attached hydrogens (tertiary/aromatic N) is 2. The molecule has 16 heavy (non-hydrogen) atoms. The van der Waals surface area contributed by atoms with Crippen LogP contribution in [0, 0.1) is 0 Å². The molecular formula is C12H14N2OS. The number of Topliss-reactive ketones (excluding diaryl/α,β-unsaturated/α-hetero) is 1. The predicted octanol–water partition coefficient (Wildman–Crippen LogP) is 2.95. The summed E-state index contributed by atoms with van der Waals surface area (Å²) in [4.78, 5) is 12.6. The lowest BCUT2D eigenvalue weighted by Crippen LogP contribution is -2.05. The van der Waals surface area contributed by atoms with Crippen molar-refractivity contribution in [1.29, 1.82) is 0 Å². The van der Waals surface area contributed by atoms with Gasteiger partial charge in [-0.25, -0.2) is 0 Å². The molecule has 0 saturated carbocycles. The maximum Gasteiger partial charge on any atom is 0.178 e. The van der Waals surface area contributed by atoms with Crippen LogP contribution < -0.4 is 0 Å². The highest BCUT2D eigenvalue weighted by Gasteiger charge is 2.10. The van der Waals surface area contributed by atoms with Crippen LogP contribution in [0.15, 0.2) is 29.8 Å². The summed E-state index contributed by atoms with van der Waals surface area (Å²) in [5.74, 6) is 0.143. The number of rotatable bonds is 4. The SMILES string of the molecule is CC(C)n1ccc(CC(=O)c2cccs2)n1. The van der Waals surface area contributed by atoms with E-state index in [4.69, 9.17) is 0 Å². The van der Waals surface area contributed by atoms with Crippen LogP contribution in [0.2, 0.25) is 0 Å². The Bertz CT molecular complexity index is 471. The van der Waals surface area contributed by atoms with Gasteiger partial charge in [0.25, 0.3) is 0 Å². The van der Waals surface area contributed by atoms with Crippen molar-refractivity contribution in [1.82, 2.24) is 9.78 Å². The highest BCUT2D eigenvalue weighted by atomic mass is 32.1. The van der Waals surface area contributed by atoms with Crippen molar-refractivity contribution >= 4 is 17.1 Å². The molecule has 0 fully saturated rings. The van der Waals surface area contributed by atoms with Crippen LogP contribution in [0.5, 0.6) is 0 Å². The minimum atomic E-state index is 0.143. The quantitative estimate of drug-likeness (QED) is 0.762. The van der Waals surface area contributed by atoms with Gasteiger partial charge in [-0.15, -0.1) is 11.3 Å². The molecule has 0 aliphatic carbocycles. The molecule has 0 radical (unpaired) electrons. The number of thiophene rings is 1. The third kappa shape index (κ3) is 2.39. The summed E-state index contributed by atoms with van der Waals surface area (Å²) >= 11 is 1.48. The first kappa shape index (κ1) is 11.1. The van der Waals surface area contributed by atoms with E-state index in [1.165, 1.54) is 11.3 Å². The molecule has 0 amide bonds. The molecule has 0 aliphatic heterocycles. The zero-order chi connectivity index (χ0) is 11.5. The molecule has 2 heterocycles. The van der Waals surface area contributed by atoms with Crippen LogP contribution in [-0.2, 0) is 6.42 Å². The normalized spacial score (nSPS) is 10.9. The predicted molar refractivity (Wildman–Crippen MR) is 65.0 cm³/mol. The van der Waals surface area contributed by atoms with E-state index in [1.54, 1.807) is 0 Å². The van der Waals surface area contributed by atoms with Gasteiger partial charge < -0.3 is 0 Å². The van der Waals surface area contributed by atoms with Crippen LogP contribution in [0.1, 0.15) is 35.3 Å². The second-order valence-corrected chi connectivity index (χ2v) is 4.91. The van der Waals surface area contributed by atoms with Crippen molar-refractivity contribution in [3.05, 3.63) is 40.3 Å². The largest absolute Gasteiger partial charge is 0.293 e. The Balaban J connectivity index is 2.07. The summed E-state index contributed by atoms with van der Waals surface area (Å²) in [6, 6.07) is 5.99. The monoisotopic (exact) mass is 234 g/mol. The fraction of sp³-hybridized carbons (Fsp3) is 0.333. The zero-order valence-corrected chi connectivity index (χ0v) is 10.2. The summed E-state index contributed by atoms with van der Waals surface area (Å²) in [5, 5.41) is 6.28. The minimum Gasteiger partial charge on any atom is -0.293 e. The number of hydrogen-bond donors (Lipinski definition) is 0. The van der Waals surface area contributed by atoms with E-state index in [1.807, 2.05) is 34.5 Å². The molecular weight excluding hydrogens is 220 g/mol. The van der Waals surface area contributed by atoms with Crippen LogP contribution >= 0.6 is 11.3 Å². The lowest BCUT2D eigenvalue weighted by Gasteiger charge is -2.03. The molecule has 0 aliphatic rings. The van der Waals surface area contributed by atoms with Gasteiger partial charge in [-0.3, -0.25) is 9.48 Å². The summed E-state index contributed by atoms with van der Waals surface area (Å²) < 4.78 is 1.87. The third-order valence-corrected chi connectivity index (χ3v) is 3.24. The third-order valence-electron chi connectivity index (χ3n) is 2.33. The van der Waals surface area contributed by atoms with Gasteiger partial charge in [-0.1, -0.05) is 6.07 Å². The summed E-state index contributed by atoms with van der Waals surface area (Å²) in [6.07, 6.45) is 2.31. The number of ketones is 1. The maximum atomic E-state index is 11.8. The minimum absolute atomic E-state index is 0.143. The number of carbonyl (C=O) groups excluding carboxylic acids is 1. The van der Waals surface area contributed by atoms with Crippen LogP contribution in [0.4, 0.5) is 0 Å². The van der Waals surface area contributed by atoms with E-state index < -0.39 is 0 Å². The van der Waals surface area contributed by atoms with Gasteiger partial charge >= 0.3 is 0 Å². The van der Waals surface area contributed by atoms with E-state index in [-0.39, 0.29) is 5.78 Å². The first-order valence-electron chi connectivity index (χ1n) is 5.27. The molecule has 2 aromatic rings. The van der Waals surface area contributed by atoms with Crippen molar-refractivity contribution < 1.29 is 4.79 Å². The van der Waals surface area contributed by atoms with Gasteiger partial charge in [0.05, 0.1) is 17.0 Å². The fourth-order valence-corrected chi connectivity index (χ4v) is 2.11. The van der Waals surface area contributed by atoms with Crippen molar-refractivity contribution in [2.75, 3.05) is 0 Å². The maximum absolute atomic E-state index is 11.8. The summed E-state index contributed by atoms with van der Waals surface area (Å²) in [5.41, 5.74) is 0.840. The van der Waals surface area contributed by atoms with Gasteiger partial charge in [-0.2, -0.15) is 5.10 Å². The van der Waals surface area contributed by atoms with E-state index >= 15 is 0 Å². The van der Waals surface area contributed by atoms with Gasteiger partial charge in [0.1, 0.15) is 0 Å². The lowest BCUT2D eigenvalue weighted by molar-refractivity contribution is 0.0995. The van der Waals surface area contributed by atoms with Crippen LogP contribution in [0.3, 0.4) is 0 Å². The number of hydrogen-bond acceptors (Lipinski definition) is 3. The van der Waals surface area contributed by atoms with Crippen LogP contribution in [0.25, 0.3) is 0 Å². The number of aromatic nitrogens is 2. The van der Waals surface area contributed by atoms with E-state index in [9.17, 15) is 4.79 Å². The van der Waals surface area contributed by atoms with Crippen molar-refractivity contribution in [2.24, 2.45) is 0 Å². The zero-order valence-electron chi connectivity index (χ0n) is 9.38. The van der Waals surface area contributed by atoms with Crippen molar-refractivity contribution in [3.8, 4) is 0 Å². The Morgan fingerprint density at radius 2 is 2.31 bits per heavy atom. The molecule has 84 valence electrons. The van der Waals surface area contributed by atoms with E-state index in [0.717, 1.165) is 10.6 Å². The average molecular weight is 234 g/mol. The fourth-order valence-electron chi connectivity index (χ4n) is 1.45. The Kier molecular flexibility index (Phi) is 3.19. The number of carbonyl (C=O) groups is 1. The Morgan fingerprint density at radius 3 is 2.88 bits per heavy atom. The highest BCUT2D eigenvalue weighted by molar-refractivity contribution is 7.12. The van der Waals surface area contributed by atoms with Gasteiger partial charge in [0, 0.05) is 12.2 Å². The summed E-state index contributed by atoms with van der Waals surface area (Å²) in [7, 11) is 0. The van der Waals surface area contributed by atoms with Gasteiger partial charge in [-0.05, 0) is 31.4 Å². The van der Waals surface area contributed by atoms with Crippen LogP contribution in [-0.4, -0.2) is 15.6 Å². The highest BCUT2D eigenvalue weighted by Crippen LogP contribution is 2.12. The van der Waals surface area contributed by atoms with Gasteiger partial charge in [0.2, 0.25) is 0 Å². The second-order valence-electron chi connectivity index (χ2n) is 3.96. The Labute approximate surface area is 98.7 Å². The smallest absolute Gasteiger partial charge is 0.178 e. The van der Waals surface area contributed by atoms with Crippen molar-refractivity contribution in [2.45, 2.75) is 26.3 Å². The molecule has 0 aromatic carbocycles. The molecule has 0 unspecified atom stereocenters. The lowest BCUT2D eigenvalue weighted by atomic mass is 10.2. The molecule has 0 bridgehead atoms. The standard InChI is InChI=1S/C12H14N2OS/c1-9(2)14-6-5-10(13-14)8-11(15)12-4-3-7-16-12/h3-7,9H,8H2,1-2H3. The topological polar surface area (TPSA) is 34.9 Å². The first-order chi connectivity index (χ1) is 7.66. The molecule has 2 rings (SSSR count). The molecule has 0 atom stereocenters.